The molecular weight excluding hydrogens is 334 g/mol. The zero-order chi connectivity index (χ0) is 15.2. The first-order valence-electron chi connectivity index (χ1n) is 7.54. The van der Waals surface area contributed by atoms with Crippen molar-refractivity contribution >= 4 is 15.9 Å². The molecule has 0 bridgehead atoms. The standard InChI is InChI=1S/C16H24BrNO3/c1-3-21-16-14(17)7-11(8-15(16)20-2)10-18-12-5-4-6-13(19)9-12/h7-8,12-13,18-19H,3-6,9-10H2,1-2H3. The first-order chi connectivity index (χ1) is 10.1. The summed E-state index contributed by atoms with van der Waals surface area (Å²) in [6.45, 7) is 3.32. The summed E-state index contributed by atoms with van der Waals surface area (Å²) in [6, 6.07) is 4.45. The van der Waals surface area contributed by atoms with Crippen molar-refractivity contribution in [1.82, 2.24) is 5.32 Å². The molecule has 0 amide bonds. The fourth-order valence-electron chi connectivity index (χ4n) is 2.77. The maximum absolute atomic E-state index is 9.71. The molecule has 5 heteroatoms. The zero-order valence-electron chi connectivity index (χ0n) is 12.7. The molecule has 1 aromatic rings. The number of hydrogen-bond donors (Lipinski definition) is 2. The Hall–Kier alpha value is -0.780. The molecule has 2 atom stereocenters. The Morgan fingerprint density at radius 2 is 2.19 bits per heavy atom. The molecule has 1 aliphatic rings. The number of hydrogen-bond acceptors (Lipinski definition) is 4. The molecule has 4 nitrogen and oxygen atoms in total. The second-order valence-corrected chi connectivity index (χ2v) is 6.29. The highest BCUT2D eigenvalue weighted by Gasteiger charge is 2.20. The minimum absolute atomic E-state index is 0.155. The van der Waals surface area contributed by atoms with Crippen molar-refractivity contribution < 1.29 is 14.6 Å². The van der Waals surface area contributed by atoms with Gasteiger partial charge < -0.3 is 19.9 Å². The van der Waals surface area contributed by atoms with Crippen molar-refractivity contribution in [2.45, 2.75) is 51.3 Å². The normalized spacial score (nSPS) is 22.1. The van der Waals surface area contributed by atoms with Crippen molar-refractivity contribution in [2.24, 2.45) is 0 Å². The van der Waals surface area contributed by atoms with Crippen molar-refractivity contribution in [3.05, 3.63) is 22.2 Å². The summed E-state index contributed by atoms with van der Waals surface area (Å²) in [5.41, 5.74) is 1.14. The Balaban J connectivity index is 2.01. The van der Waals surface area contributed by atoms with Gasteiger partial charge in [0.15, 0.2) is 11.5 Å². The van der Waals surface area contributed by atoms with Crippen LogP contribution in [0.25, 0.3) is 0 Å². The summed E-state index contributed by atoms with van der Waals surface area (Å²) in [7, 11) is 1.65. The van der Waals surface area contributed by atoms with Crippen LogP contribution in [0.1, 0.15) is 38.2 Å². The zero-order valence-corrected chi connectivity index (χ0v) is 14.3. The molecule has 0 aliphatic heterocycles. The van der Waals surface area contributed by atoms with Gasteiger partial charge in [0.1, 0.15) is 0 Å². The highest BCUT2D eigenvalue weighted by atomic mass is 79.9. The maximum atomic E-state index is 9.71. The number of rotatable bonds is 6. The summed E-state index contributed by atoms with van der Waals surface area (Å²) in [6.07, 6.45) is 3.84. The lowest BCUT2D eigenvalue weighted by molar-refractivity contribution is 0.111. The second kappa shape index (κ2) is 8.01. The predicted octanol–water partition coefficient (Wildman–Crippen LogP) is 3.25. The van der Waals surface area contributed by atoms with Crippen molar-refractivity contribution in [3.8, 4) is 11.5 Å². The third-order valence-electron chi connectivity index (χ3n) is 3.82. The smallest absolute Gasteiger partial charge is 0.175 e. The lowest BCUT2D eigenvalue weighted by Gasteiger charge is -2.27. The first-order valence-corrected chi connectivity index (χ1v) is 8.34. The number of ether oxygens (including phenoxy) is 2. The molecule has 0 heterocycles. The third-order valence-corrected chi connectivity index (χ3v) is 4.41. The Morgan fingerprint density at radius 1 is 1.38 bits per heavy atom. The van der Waals surface area contributed by atoms with E-state index in [2.05, 4.69) is 27.3 Å². The molecular formula is C16H24BrNO3. The van der Waals surface area contributed by atoms with E-state index >= 15 is 0 Å². The fourth-order valence-corrected chi connectivity index (χ4v) is 3.38. The monoisotopic (exact) mass is 357 g/mol. The predicted molar refractivity (Wildman–Crippen MR) is 87.0 cm³/mol. The average Bonchev–Trinajstić information content (AvgIpc) is 2.47. The van der Waals surface area contributed by atoms with Crippen LogP contribution in [-0.4, -0.2) is 31.0 Å². The second-order valence-electron chi connectivity index (χ2n) is 5.44. The summed E-state index contributed by atoms with van der Waals surface area (Å²) in [4.78, 5) is 0. The van der Waals surface area contributed by atoms with Crippen LogP contribution in [-0.2, 0) is 6.54 Å². The van der Waals surface area contributed by atoms with Gasteiger partial charge in [0.2, 0.25) is 0 Å². The molecule has 1 aromatic carbocycles. The van der Waals surface area contributed by atoms with Crippen LogP contribution in [0, 0.1) is 0 Å². The lowest BCUT2D eigenvalue weighted by Crippen LogP contribution is -2.35. The molecule has 1 saturated carbocycles. The summed E-state index contributed by atoms with van der Waals surface area (Å²) in [5, 5.41) is 13.2. The summed E-state index contributed by atoms with van der Waals surface area (Å²) < 4.78 is 11.9. The lowest BCUT2D eigenvalue weighted by atomic mass is 9.93. The minimum atomic E-state index is -0.155. The van der Waals surface area contributed by atoms with Gasteiger partial charge in [-0.15, -0.1) is 0 Å². The van der Waals surface area contributed by atoms with Gasteiger partial charge in [-0.05, 0) is 66.2 Å². The number of aliphatic hydroxyl groups excluding tert-OH is 1. The van der Waals surface area contributed by atoms with Gasteiger partial charge >= 0.3 is 0 Å². The van der Waals surface area contributed by atoms with Crippen LogP contribution in [0.4, 0.5) is 0 Å². The van der Waals surface area contributed by atoms with Crippen molar-refractivity contribution in [2.75, 3.05) is 13.7 Å². The van der Waals surface area contributed by atoms with E-state index in [1.807, 2.05) is 13.0 Å². The van der Waals surface area contributed by atoms with Crippen LogP contribution in [0.2, 0.25) is 0 Å². The Kier molecular flexibility index (Phi) is 6.33. The van der Waals surface area contributed by atoms with Crippen LogP contribution < -0.4 is 14.8 Å². The highest BCUT2D eigenvalue weighted by Crippen LogP contribution is 2.36. The first kappa shape index (κ1) is 16.6. The van der Waals surface area contributed by atoms with Crippen LogP contribution in [0.5, 0.6) is 11.5 Å². The summed E-state index contributed by atoms with van der Waals surface area (Å²) in [5.74, 6) is 1.49. The molecule has 0 aromatic heterocycles. The van der Waals surface area contributed by atoms with Gasteiger partial charge in [0, 0.05) is 12.6 Å². The molecule has 118 valence electrons. The Morgan fingerprint density at radius 3 is 2.86 bits per heavy atom. The molecule has 0 saturated heterocycles. The van der Waals surface area contributed by atoms with Gasteiger partial charge in [0.25, 0.3) is 0 Å². The minimum Gasteiger partial charge on any atom is -0.493 e. The van der Waals surface area contributed by atoms with Crippen LogP contribution in [0.15, 0.2) is 16.6 Å². The Bertz CT molecular complexity index is 467. The van der Waals surface area contributed by atoms with Gasteiger partial charge in [-0.3, -0.25) is 0 Å². The van der Waals surface area contributed by atoms with Gasteiger partial charge in [0.05, 0.1) is 24.3 Å². The summed E-state index contributed by atoms with van der Waals surface area (Å²) >= 11 is 3.54. The van der Waals surface area contributed by atoms with Gasteiger partial charge in [-0.25, -0.2) is 0 Å². The van der Waals surface area contributed by atoms with Gasteiger partial charge in [-0.2, -0.15) is 0 Å². The number of methoxy groups -OCH3 is 1. The molecule has 1 aliphatic carbocycles. The number of nitrogens with one attached hydrogen (secondary N) is 1. The molecule has 2 N–H and O–H groups in total. The fraction of sp³-hybridized carbons (Fsp3) is 0.625. The van der Waals surface area contributed by atoms with Crippen LogP contribution in [0.3, 0.4) is 0 Å². The van der Waals surface area contributed by atoms with E-state index in [-0.39, 0.29) is 6.10 Å². The SMILES string of the molecule is CCOc1c(Br)cc(CNC2CCCC(O)C2)cc1OC. The van der Waals surface area contributed by atoms with Gasteiger partial charge in [-0.1, -0.05) is 0 Å². The van der Waals surface area contributed by atoms with E-state index < -0.39 is 0 Å². The van der Waals surface area contributed by atoms with Crippen molar-refractivity contribution in [3.63, 3.8) is 0 Å². The molecule has 0 spiro atoms. The van der Waals surface area contributed by atoms with E-state index in [0.717, 1.165) is 53.8 Å². The third kappa shape index (κ3) is 4.59. The number of aliphatic hydroxyl groups is 1. The van der Waals surface area contributed by atoms with E-state index in [0.29, 0.717) is 12.6 Å². The topological polar surface area (TPSA) is 50.7 Å². The molecule has 1 fully saturated rings. The molecule has 2 rings (SSSR count). The van der Waals surface area contributed by atoms with E-state index in [9.17, 15) is 5.11 Å². The average molecular weight is 358 g/mol. The quantitative estimate of drug-likeness (QED) is 0.820. The molecule has 2 unspecified atom stereocenters. The molecule has 21 heavy (non-hydrogen) atoms. The van der Waals surface area contributed by atoms with Crippen molar-refractivity contribution in [1.29, 1.82) is 0 Å². The molecule has 0 radical (unpaired) electrons. The maximum Gasteiger partial charge on any atom is 0.175 e. The van der Waals surface area contributed by atoms with Crippen LogP contribution >= 0.6 is 15.9 Å². The number of halogens is 1. The largest absolute Gasteiger partial charge is 0.493 e. The Labute approximate surface area is 135 Å². The highest BCUT2D eigenvalue weighted by molar-refractivity contribution is 9.10. The van der Waals surface area contributed by atoms with E-state index in [1.165, 1.54) is 0 Å². The number of benzene rings is 1. The van der Waals surface area contributed by atoms with E-state index in [4.69, 9.17) is 9.47 Å². The van der Waals surface area contributed by atoms with E-state index in [1.54, 1.807) is 7.11 Å².